The van der Waals surface area contributed by atoms with Crippen LogP contribution in [0.4, 0.5) is 16.2 Å². The number of carbonyl (C=O) groups is 3. The molecule has 0 aromatic heterocycles. The number of rotatable bonds is 8. The average molecular weight is 490 g/mol. The van der Waals surface area contributed by atoms with Gasteiger partial charge in [0.25, 0.3) is 0 Å². The van der Waals surface area contributed by atoms with Crippen LogP contribution in [0.25, 0.3) is 0 Å². The predicted octanol–water partition coefficient (Wildman–Crippen LogP) is 4.87. The fraction of sp³-hybridized carbons (Fsp3) is 0.348. The van der Waals surface area contributed by atoms with E-state index in [9.17, 15) is 14.4 Å². The molecule has 2 rings (SSSR count). The van der Waals surface area contributed by atoms with E-state index >= 15 is 0 Å². The third-order valence-electron chi connectivity index (χ3n) is 4.05. The highest BCUT2D eigenvalue weighted by Gasteiger charge is 2.16. The largest absolute Gasteiger partial charge is 0.444 e. The minimum Gasteiger partial charge on any atom is -0.444 e. The average Bonchev–Trinajstić information content (AvgIpc) is 2.67. The van der Waals surface area contributed by atoms with E-state index < -0.39 is 11.7 Å². The molecule has 0 radical (unpaired) electrons. The van der Waals surface area contributed by atoms with Crippen molar-refractivity contribution in [3.05, 3.63) is 58.6 Å². The molecule has 7 nitrogen and oxygen atoms in total. The second-order valence-corrected chi connectivity index (χ2v) is 8.80. The Morgan fingerprint density at radius 1 is 0.871 bits per heavy atom. The van der Waals surface area contributed by atoms with Crippen LogP contribution >= 0.6 is 15.9 Å². The van der Waals surface area contributed by atoms with E-state index in [2.05, 4.69) is 31.9 Å². The molecule has 0 fully saturated rings. The van der Waals surface area contributed by atoms with Crippen LogP contribution in [-0.2, 0) is 20.7 Å². The molecule has 3 N–H and O–H groups in total. The maximum Gasteiger partial charge on any atom is 0.407 e. The summed E-state index contributed by atoms with van der Waals surface area (Å²) in [5, 5.41) is 8.14. The van der Waals surface area contributed by atoms with Crippen molar-refractivity contribution in [2.24, 2.45) is 0 Å². The molecule has 0 aliphatic heterocycles. The van der Waals surface area contributed by atoms with Gasteiger partial charge in [-0.15, -0.1) is 0 Å². The lowest BCUT2D eigenvalue weighted by atomic mass is 10.1. The summed E-state index contributed by atoms with van der Waals surface area (Å²) in [6, 6.07) is 14.7. The number of hydrogen-bond donors (Lipinski definition) is 3. The molecule has 2 aromatic rings. The molecule has 0 saturated heterocycles. The minimum atomic E-state index is -0.581. The Balaban J connectivity index is 1.72. The second kappa shape index (κ2) is 11.5. The predicted molar refractivity (Wildman–Crippen MR) is 125 cm³/mol. The molecular weight excluding hydrogens is 462 g/mol. The van der Waals surface area contributed by atoms with Crippen LogP contribution in [0.15, 0.2) is 53.0 Å². The quantitative estimate of drug-likeness (QED) is 0.492. The van der Waals surface area contributed by atoms with E-state index in [1.54, 1.807) is 45.0 Å². The lowest BCUT2D eigenvalue weighted by Crippen LogP contribution is -2.34. The molecule has 8 heteroatoms. The maximum atomic E-state index is 12.2. The number of benzene rings is 2. The highest BCUT2D eigenvalue weighted by Crippen LogP contribution is 2.18. The number of nitrogens with one attached hydrogen (secondary N) is 3. The van der Waals surface area contributed by atoms with Crippen LogP contribution in [-0.4, -0.2) is 30.1 Å². The summed E-state index contributed by atoms with van der Waals surface area (Å²) in [6.45, 7) is 5.49. The van der Waals surface area contributed by atoms with Gasteiger partial charge in [0.05, 0.1) is 0 Å². The molecule has 0 aliphatic carbocycles. The smallest absolute Gasteiger partial charge is 0.407 e. The van der Waals surface area contributed by atoms with Crippen molar-refractivity contribution < 1.29 is 19.1 Å². The van der Waals surface area contributed by atoms with E-state index in [1.165, 1.54) is 0 Å². The number of ether oxygens (including phenoxy) is 1. The van der Waals surface area contributed by atoms with Gasteiger partial charge < -0.3 is 20.7 Å². The lowest BCUT2D eigenvalue weighted by Gasteiger charge is -2.19. The molecule has 166 valence electrons. The Labute approximate surface area is 191 Å². The Morgan fingerprint density at radius 3 is 1.97 bits per heavy atom. The zero-order chi connectivity index (χ0) is 22.9. The zero-order valence-corrected chi connectivity index (χ0v) is 19.5. The van der Waals surface area contributed by atoms with Gasteiger partial charge in [-0.3, -0.25) is 9.59 Å². The summed E-state index contributed by atoms with van der Waals surface area (Å²) in [6.07, 6.45) is 0.567. The van der Waals surface area contributed by atoms with Crippen LogP contribution in [0, 0.1) is 0 Å². The van der Waals surface area contributed by atoms with Gasteiger partial charge in [-0.2, -0.15) is 0 Å². The fourth-order valence-corrected chi connectivity index (χ4v) is 3.11. The standard InChI is InChI=1S/C23H28BrN3O4/c1-23(2,3)31-22(30)25-15-14-21(29)27-18-11-9-17(10-12-18)26-20(28)13-8-16-6-4-5-7-19(16)24/h4-7,9-12H,8,13-15H2,1-3H3,(H,25,30)(H,26,28)(H,27,29). The van der Waals surface area contributed by atoms with Crippen molar-refractivity contribution in [1.29, 1.82) is 0 Å². The number of amides is 3. The Morgan fingerprint density at radius 2 is 1.42 bits per heavy atom. The lowest BCUT2D eigenvalue weighted by molar-refractivity contribution is -0.117. The number of hydrogen-bond acceptors (Lipinski definition) is 4. The SMILES string of the molecule is CC(C)(C)OC(=O)NCCC(=O)Nc1ccc(NC(=O)CCc2ccccc2Br)cc1. The Kier molecular flexibility index (Phi) is 9.05. The summed E-state index contributed by atoms with van der Waals surface area (Å²) >= 11 is 3.48. The van der Waals surface area contributed by atoms with Crippen LogP contribution in [0.2, 0.25) is 0 Å². The number of carbonyl (C=O) groups excluding carboxylic acids is 3. The van der Waals surface area contributed by atoms with Crippen LogP contribution in [0.3, 0.4) is 0 Å². The van der Waals surface area contributed by atoms with Gasteiger partial charge in [0, 0.05) is 35.2 Å². The van der Waals surface area contributed by atoms with Crippen LogP contribution in [0.1, 0.15) is 39.2 Å². The van der Waals surface area contributed by atoms with Crippen molar-refractivity contribution in [3.63, 3.8) is 0 Å². The molecule has 0 aliphatic rings. The normalized spacial score (nSPS) is 10.8. The van der Waals surface area contributed by atoms with Gasteiger partial charge in [0.15, 0.2) is 0 Å². The molecule has 0 spiro atoms. The molecule has 31 heavy (non-hydrogen) atoms. The highest BCUT2D eigenvalue weighted by atomic mass is 79.9. The van der Waals surface area contributed by atoms with Gasteiger partial charge in [-0.1, -0.05) is 34.1 Å². The van der Waals surface area contributed by atoms with Crippen LogP contribution < -0.4 is 16.0 Å². The molecule has 0 saturated carbocycles. The van der Waals surface area contributed by atoms with Gasteiger partial charge in [0.1, 0.15) is 5.60 Å². The first-order chi connectivity index (χ1) is 14.6. The van der Waals surface area contributed by atoms with E-state index in [0.717, 1.165) is 10.0 Å². The summed E-state index contributed by atoms with van der Waals surface area (Å²) in [5.41, 5.74) is 1.76. The second-order valence-electron chi connectivity index (χ2n) is 7.94. The molecule has 0 unspecified atom stereocenters. The van der Waals surface area contributed by atoms with Gasteiger partial charge >= 0.3 is 6.09 Å². The van der Waals surface area contributed by atoms with Gasteiger partial charge in [-0.25, -0.2) is 4.79 Å². The maximum absolute atomic E-state index is 12.2. The van der Waals surface area contributed by atoms with E-state index in [0.29, 0.717) is 24.2 Å². The van der Waals surface area contributed by atoms with Crippen molar-refractivity contribution >= 4 is 45.2 Å². The first kappa shape index (κ1) is 24.4. The molecule has 2 aromatic carbocycles. The first-order valence-electron chi connectivity index (χ1n) is 10.0. The third kappa shape index (κ3) is 9.65. The fourth-order valence-electron chi connectivity index (χ4n) is 2.63. The third-order valence-corrected chi connectivity index (χ3v) is 4.83. The van der Waals surface area contributed by atoms with Crippen LogP contribution in [0.5, 0.6) is 0 Å². The van der Waals surface area contributed by atoms with E-state index in [1.807, 2.05) is 24.3 Å². The number of anilines is 2. The molecule has 0 bridgehead atoms. The van der Waals surface area contributed by atoms with Gasteiger partial charge in [0.2, 0.25) is 11.8 Å². The van der Waals surface area contributed by atoms with Gasteiger partial charge in [-0.05, 0) is 63.1 Å². The summed E-state index contributed by atoms with van der Waals surface area (Å²) in [5.74, 6) is -0.318. The van der Waals surface area contributed by atoms with Crippen molar-refractivity contribution in [2.75, 3.05) is 17.2 Å². The van der Waals surface area contributed by atoms with Crippen molar-refractivity contribution in [1.82, 2.24) is 5.32 Å². The highest BCUT2D eigenvalue weighted by molar-refractivity contribution is 9.10. The molecular formula is C23H28BrN3O4. The zero-order valence-electron chi connectivity index (χ0n) is 18.0. The molecule has 0 atom stereocenters. The Bertz CT molecular complexity index is 908. The summed E-state index contributed by atoms with van der Waals surface area (Å²) < 4.78 is 6.10. The van der Waals surface area contributed by atoms with Crippen molar-refractivity contribution in [2.45, 2.75) is 45.6 Å². The Hall–Kier alpha value is -2.87. The van der Waals surface area contributed by atoms with E-state index in [4.69, 9.17) is 4.74 Å². The minimum absolute atomic E-state index is 0.0826. The summed E-state index contributed by atoms with van der Waals surface area (Å²) in [7, 11) is 0. The topological polar surface area (TPSA) is 96.5 Å². The number of alkyl carbamates (subject to hydrolysis) is 1. The number of aryl methyl sites for hydroxylation is 1. The monoisotopic (exact) mass is 489 g/mol. The first-order valence-corrected chi connectivity index (χ1v) is 10.8. The summed E-state index contributed by atoms with van der Waals surface area (Å²) in [4.78, 5) is 35.8. The number of halogens is 1. The van der Waals surface area contributed by atoms with E-state index in [-0.39, 0.29) is 24.8 Å². The van der Waals surface area contributed by atoms with Crippen molar-refractivity contribution in [3.8, 4) is 0 Å². The molecule has 0 heterocycles. The molecule has 3 amide bonds.